The lowest BCUT2D eigenvalue weighted by atomic mass is 10.3. The van der Waals surface area contributed by atoms with E-state index < -0.39 is 19.5 Å². The van der Waals surface area contributed by atoms with Crippen molar-refractivity contribution in [3.8, 4) is 0 Å². The highest BCUT2D eigenvalue weighted by molar-refractivity contribution is 7.52. The zero-order valence-corrected chi connectivity index (χ0v) is 6.53. The number of hydrogen-bond donors (Lipinski definition) is 4. The lowest BCUT2D eigenvalue weighted by molar-refractivity contribution is 0.178. The monoisotopic (exact) mass is 169 g/mol. The molecule has 6 heteroatoms. The van der Waals surface area contributed by atoms with Gasteiger partial charge in [-0.05, 0) is 13.3 Å². The third-order valence-corrected chi connectivity index (χ3v) is 2.09. The predicted molar refractivity (Wildman–Crippen MR) is 36.3 cm³/mol. The summed E-state index contributed by atoms with van der Waals surface area (Å²) in [6, 6.07) is 0. The molecule has 5 N–H and O–H groups in total. The molecule has 1 unspecified atom stereocenters. The third-order valence-electron chi connectivity index (χ3n) is 1.01. The minimum atomic E-state index is -4.19. The molecule has 0 aliphatic carbocycles. The standard InChI is InChI=1S/C4H12NO4P/c1-3(6)2-4(5)10(7,8)9/h3-4,6H,2,5H2,1H3,(H2,7,8,9)/t3?,4-/m0/s1. The highest BCUT2D eigenvalue weighted by atomic mass is 31.2. The maximum absolute atomic E-state index is 10.3. The van der Waals surface area contributed by atoms with Gasteiger partial charge in [0, 0.05) is 0 Å². The second-order valence-corrected chi connectivity index (χ2v) is 4.08. The first-order valence-electron chi connectivity index (χ1n) is 2.83. The summed E-state index contributed by atoms with van der Waals surface area (Å²) in [7, 11) is -4.19. The number of aliphatic hydroxyl groups is 1. The average Bonchev–Trinajstić information content (AvgIpc) is 1.60. The van der Waals surface area contributed by atoms with Crippen molar-refractivity contribution in [2.24, 2.45) is 5.73 Å². The summed E-state index contributed by atoms with van der Waals surface area (Å²) in [4.78, 5) is 16.8. The number of rotatable bonds is 3. The molecule has 0 saturated heterocycles. The van der Waals surface area contributed by atoms with Crippen LogP contribution in [0.2, 0.25) is 0 Å². The molecule has 5 nitrogen and oxygen atoms in total. The van der Waals surface area contributed by atoms with Gasteiger partial charge in [-0.2, -0.15) is 0 Å². The fourth-order valence-corrected chi connectivity index (χ4v) is 1.07. The van der Waals surface area contributed by atoms with Crippen molar-refractivity contribution in [3.63, 3.8) is 0 Å². The Kier molecular flexibility index (Phi) is 3.48. The van der Waals surface area contributed by atoms with Gasteiger partial charge in [0.25, 0.3) is 0 Å². The molecule has 0 aliphatic rings. The van der Waals surface area contributed by atoms with Crippen molar-refractivity contribution in [2.75, 3.05) is 0 Å². The first kappa shape index (κ1) is 10.1. The molecule has 0 saturated carbocycles. The van der Waals surface area contributed by atoms with Crippen molar-refractivity contribution >= 4 is 7.60 Å². The van der Waals surface area contributed by atoms with Crippen molar-refractivity contribution in [2.45, 2.75) is 25.2 Å². The molecule has 0 aliphatic heterocycles. The zero-order valence-electron chi connectivity index (χ0n) is 5.64. The third kappa shape index (κ3) is 3.98. The second-order valence-electron chi connectivity index (χ2n) is 2.24. The van der Waals surface area contributed by atoms with Crippen LogP contribution in [0.4, 0.5) is 0 Å². The van der Waals surface area contributed by atoms with Crippen LogP contribution < -0.4 is 5.73 Å². The maximum atomic E-state index is 10.3. The Morgan fingerprint density at radius 3 is 2.10 bits per heavy atom. The molecule has 0 rings (SSSR count). The Labute approximate surface area is 59.0 Å². The lowest BCUT2D eigenvalue weighted by Crippen LogP contribution is -2.24. The lowest BCUT2D eigenvalue weighted by Gasteiger charge is -2.14. The second kappa shape index (κ2) is 3.46. The molecular weight excluding hydrogens is 157 g/mol. The molecule has 0 bridgehead atoms. The van der Waals surface area contributed by atoms with E-state index >= 15 is 0 Å². The summed E-state index contributed by atoms with van der Waals surface area (Å²) in [5.41, 5.74) is 5.03. The smallest absolute Gasteiger partial charge is 0.342 e. The maximum Gasteiger partial charge on any atom is 0.342 e. The Bertz CT molecular complexity index is 142. The van der Waals surface area contributed by atoms with Gasteiger partial charge in [-0.25, -0.2) is 0 Å². The van der Waals surface area contributed by atoms with E-state index in [1.54, 1.807) is 0 Å². The summed E-state index contributed by atoms with van der Waals surface area (Å²) < 4.78 is 10.3. The topological polar surface area (TPSA) is 104 Å². The average molecular weight is 169 g/mol. The number of nitrogens with two attached hydrogens (primary N) is 1. The van der Waals surface area contributed by atoms with E-state index in [-0.39, 0.29) is 6.42 Å². The largest absolute Gasteiger partial charge is 0.393 e. The highest BCUT2D eigenvalue weighted by Gasteiger charge is 2.25. The summed E-state index contributed by atoms with van der Waals surface area (Å²) in [5.74, 6) is -1.24. The van der Waals surface area contributed by atoms with Crippen LogP contribution in [0.5, 0.6) is 0 Å². The van der Waals surface area contributed by atoms with E-state index in [1.807, 2.05) is 0 Å². The molecule has 0 aromatic rings. The Morgan fingerprint density at radius 1 is 1.60 bits per heavy atom. The van der Waals surface area contributed by atoms with E-state index in [9.17, 15) is 4.57 Å². The first-order valence-corrected chi connectivity index (χ1v) is 4.51. The molecule has 2 atom stereocenters. The van der Waals surface area contributed by atoms with Gasteiger partial charge in [-0.3, -0.25) is 4.57 Å². The van der Waals surface area contributed by atoms with Gasteiger partial charge in [0.05, 0.1) is 6.10 Å². The van der Waals surface area contributed by atoms with E-state index in [4.69, 9.17) is 20.6 Å². The van der Waals surface area contributed by atoms with Crippen molar-refractivity contribution < 1.29 is 19.5 Å². The van der Waals surface area contributed by atoms with Crippen LogP contribution in [0.15, 0.2) is 0 Å². The summed E-state index contributed by atoms with van der Waals surface area (Å²) in [5, 5.41) is 8.66. The van der Waals surface area contributed by atoms with Gasteiger partial charge in [-0.15, -0.1) is 0 Å². The van der Waals surface area contributed by atoms with Crippen LogP contribution in [0.25, 0.3) is 0 Å². The zero-order chi connectivity index (χ0) is 8.36. The van der Waals surface area contributed by atoms with Crippen LogP contribution in [0.3, 0.4) is 0 Å². The van der Waals surface area contributed by atoms with E-state index in [2.05, 4.69) is 0 Å². The van der Waals surface area contributed by atoms with Crippen LogP contribution in [-0.4, -0.2) is 26.8 Å². The van der Waals surface area contributed by atoms with E-state index in [0.29, 0.717) is 0 Å². The first-order chi connectivity index (χ1) is 4.34. The molecule has 0 aromatic heterocycles. The fraction of sp³-hybridized carbons (Fsp3) is 1.00. The number of aliphatic hydroxyl groups excluding tert-OH is 1. The molecule has 0 aromatic carbocycles. The molecule has 0 heterocycles. The molecule has 0 fully saturated rings. The van der Waals surface area contributed by atoms with Crippen LogP contribution in [-0.2, 0) is 4.57 Å². The minimum Gasteiger partial charge on any atom is -0.393 e. The quantitative estimate of drug-likeness (QED) is 0.415. The summed E-state index contributed by atoms with van der Waals surface area (Å²) >= 11 is 0. The van der Waals surface area contributed by atoms with Gasteiger partial charge >= 0.3 is 7.60 Å². The molecule has 10 heavy (non-hydrogen) atoms. The van der Waals surface area contributed by atoms with Gasteiger partial charge in [0.2, 0.25) is 0 Å². The fourth-order valence-electron chi connectivity index (χ4n) is 0.487. The highest BCUT2D eigenvalue weighted by Crippen LogP contribution is 2.39. The van der Waals surface area contributed by atoms with Gasteiger partial charge in [-0.1, -0.05) is 0 Å². The molecule has 0 spiro atoms. The molecular formula is C4H12NO4P. The van der Waals surface area contributed by atoms with Crippen LogP contribution in [0, 0.1) is 0 Å². The van der Waals surface area contributed by atoms with E-state index in [1.165, 1.54) is 6.92 Å². The van der Waals surface area contributed by atoms with Crippen molar-refractivity contribution in [1.29, 1.82) is 0 Å². The van der Waals surface area contributed by atoms with Crippen LogP contribution in [0.1, 0.15) is 13.3 Å². The van der Waals surface area contributed by atoms with Crippen molar-refractivity contribution in [3.05, 3.63) is 0 Å². The SMILES string of the molecule is CC(O)C[C@@H](N)P(=O)(O)O. The minimum absolute atomic E-state index is 0.0791. The Hall–Kier alpha value is 0.0700. The van der Waals surface area contributed by atoms with Crippen molar-refractivity contribution in [1.82, 2.24) is 0 Å². The van der Waals surface area contributed by atoms with Gasteiger partial charge in [0.15, 0.2) is 0 Å². The summed E-state index contributed by atoms with van der Waals surface area (Å²) in [6.07, 6.45) is -0.854. The molecule has 0 radical (unpaired) electrons. The van der Waals surface area contributed by atoms with E-state index in [0.717, 1.165) is 0 Å². The number of hydrogen-bond acceptors (Lipinski definition) is 3. The van der Waals surface area contributed by atoms with Gasteiger partial charge in [0.1, 0.15) is 5.78 Å². The normalized spacial score (nSPS) is 18.5. The van der Waals surface area contributed by atoms with Crippen LogP contribution >= 0.6 is 7.60 Å². The van der Waals surface area contributed by atoms with Gasteiger partial charge < -0.3 is 20.6 Å². The summed E-state index contributed by atoms with van der Waals surface area (Å²) in [6.45, 7) is 1.43. The predicted octanol–water partition coefficient (Wildman–Crippen LogP) is -0.780. The molecule has 62 valence electrons. The Balaban J connectivity index is 3.86. The molecule has 0 amide bonds. The Morgan fingerprint density at radius 2 is 2.00 bits per heavy atom.